The van der Waals surface area contributed by atoms with Crippen molar-refractivity contribution in [2.45, 2.75) is 0 Å². The molecule has 0 aromatic rings. The van der Waals surface area contributed by atoms with Gasteiger partial charge in [0.1, 0.15) is 0 Å². The van der Waals surface area contributed by atoms with Crippen molar-refractivity contribution in [2.24, 2.45) is 0 Å². The minimum atomic E-state index is -2.47. The van der Waals surface area contributed by atoms with E-state index in [0.29, 0.717) is 0 Å². The van der Waals surface area contributed by atoms with Crippen molar-refractivity contribution in [1.82, 2.24) is 0 Å². The quantitative estimate of drug-likeness (QED) is 0.526. The van der Waals surface area contributed by atoms with Crippen molar-refractivity contribution in [2.75, 3.05) is 0 Å². The Bertz CT molecular complexity index is 47.0. The van der Waals surface area contributed by atoms with Crippen LogP contribution in [-0.2, 0) is 29.4 Å². The zero-order valence-electron chi connectivity index (χ0n) is 3.07. The van der Waals surface area contributed by atoms with E-state index in [0.717, 1.165) is 0 Å². The van der Waals surface area contributed by atoms with Crippen molar-refractivity contribution in [3.8, 4) is 0 Å². The maximum Gasteiger partial charge on any atom is 0.393 e. The average Bonchev–Trinajstić information content (AvgIpc) is 1.35. The van der Waals surface area contributed by atoms with E-state index in [1.807, 2.05) is 0 Å². The van der Waals surface area contributed by atoms with E-state index < -0.39 is 8.60 Å². The van der Waals surface area contributed by atoms with Gasteiger partial charge in [0.2, 0.25) is 0 Å². The van der Waals surface area contributed by atoms with Gasteiger partial charge in [0.25, 0.3) is 6.47 Å². The zero-order chi connectivity index (χ0) is 4.99. The fraction of sp³-hybridized carbons (Fsp3) is 0. The van der Waals surface area contributed by atoms with E-state index in [1.165, 1.54) is 0 Å². The van der Waals surface area contributed by atoms with Gasteiger partial charge in [-0.05, 0) is 0 Å². The average molecular weight is 302 g/mol. The van der Waals surface area contributed by atoms with Crippen LogP contribution in [-0.4, -0.2) is 16.3 Å². The predicted octanol–water partition coefficient (Wildman–Crippen LogP) is -0.632. The van der Waals surface area contributed by atoms with E-state index in [9.17, 15) is 0 Å². The molecule has 0 saturated heterocycles. The van der Waals surface area contributed by atoms with Gasteiger partial charge >= 0.3 is 8.60 Å². The first-order valence-corrected chi connectivity index (χ1v) is 2.22. The molecule has 0 amide bonds. The molecule has 0 aliphatic rings. The Morgan fingerprint density at radius 2 is 2.00 bits per heavy atom. The number of carbonyl (C=O) groups excluding carboxylic acids is 1. The Balaban J connectivity index is 0. The maximum absolute atomic E-state index is 9.09. The van der Waals surface area contributed by atoms with Gasteiger partial charge < -0.3 is 14.3 Å². The molecule has 0 saturated carbocycles. The van der Waals surface area contributed by atoms with Crippen molar-refractivity contribution in [3.05, 3.63) is 0 Å². The SMILES string of the molecule is O=COP(O)O.[Ir]. The van der Waals surface area contributed by atoms with Crippen molar-refractivity contribution in [1.29, 1.82) is 0 Å². The topological polar surface area (TPSA) is 66.8 Å². The second kappa shape index (κ2) is 6.47. The fourth-order valence-corrected chi connectivity index (χ4v) is 0.115. The summed E-state index contributed by atoms with van der Waals surface area (Å²) in [6, 6.07) is 0. The Morgan fingerprint density at radius 1 is 1.57 bits per heavy atom. The summed E-state index contributed by atoms with van der Waals surface area (Å²) < 4.78 is 3.54. The standard InChI is InChI=1S/CH3O4P.Ir/c2-1-5-6(3)4;/h1,3-4H;. The van der Waals surface area contributed by atoms with Crippen LogP contribution in [0, 0.1) is 0 Å². The van der Waals surface area contributed by atoms with Crippen LogP contribution in [0.25, 0.3) is 0 Å². The summed E-state index contributed by atoms with van der Waals surface area (Å²) in [4.78, 5) is 24.5. The van der Waals surface area contributed by atoms with Crippen LogP contribution in [0.1, 0.15) is 0 Å². The molecule has 0 aromatic carbocycles. The van der Waals surface area contributed by atoms with Gasteiger partial charge in [0.15, 0.2) is 0 Å². The molecule has 0 aromatic heterocycles. The Labute approximate surface area is 54.8 Å². The normalized spacial score (nSPS) is 7.29. The maximum atomic E-state index is 9.09. The number of hydrogen-bond donors (Lipinski definition) is 2. The summed E-state index contributed by atoms with van der Waals surface area (Å²) in [5.41, 5.74) is 0. The molecule has 2 N–H and O–H groups in total. The molecule has 0 aliphatic heterocycles. The van der Waals surface area contributed by atoms with Crippen LogP contribution in [0.5, 0.6) is 0 Å². The monoisotopic (exact) mass is 303 g/mol. The first-order valence-electron chi connectivity index (χ1n) is 1.05. The largest absolute Gasteiger partial charge is 0.397 e. The third-order valence-electron chi connectivity index (χ3n) is 0.137. The van der Waals surface area contributed by atoms with Gasteiger partial charge in [-0.1, -0.05) is 0 Å². The number of carbonyl (C=O) groups is 1. The summed E-state index contributed by atoms with van der Waals surface area (Å²) in [5, 5.41) is 0. The third kappa shape index (κ3) is 10.7. The van der Waals surface area contributed by atoms with E-state index >= 15 is 0 Å². The van der Waals surface area contributed by atoms with Crippen LogP contribution in [0.2, 0.25) is 0 Å². The summed E-state index contributed by atoms with van der Waals surface area (Å²) in [7, 11) is -2.47. The summed E-state index contributed by atoms with van der Waals surface area (Å²) in [6.45, 7) is -0.0221. The van der Waals surface area contributed by atoms with Crippen molar-refractivity contribution in [3.63, 3.8) is 0 Å². The number of rotatable bonds is 2. The van der Waals surface area contributed by atoms with E-state index in [-0.39, 0.29) is 26.6 Å². The first-order chi connectivity index (χ1) is 2.77. The molecule has 45 valence electrons. The molecule has 7 heavy (non-hydrogen) atoms. The minimum absolute atomic E-state index is 0. The molecule has 0 unspecified atom stereocenters. The van der Waals surface area contributed by atoms with Crippen LogP contribution < -0.4 is 0 Å². The molecular formula is CH3IrO4P. The molecule has 0 atom stereocenters. The second-order valence-corrected chi connectivity index (χ2v) is 1.17. The predicted molar refractivity (Wildman–Crippen MR) is 18.5 cm³/mol. The van der Waals surface area contributed by atoms with Crippen LogP contribution in [0.4, 0.5) is 0 Å². The van der Waals surface area contributed by atoms with Crippen molar-refractivity contribution >= 4 is 15.1 Å². The molecule has 0 aliphatic carbocycles. The second-order valence-electron chi connectivity index (χ2n) is 0.454. The molecule has 6 heteroatoms. The summed E-state index contributed by atoms with van der Waals surface area (Å²) >= 11 is 0. The van der Waals surface area contributed by atoms with E-state index in [2.05, 4.69) is 4.52 Å². The molecule has 0 fully saturated rings. The summed E-state index contributed by atoms with van der Waals surface area (Å²) in [6.07, 6.45) is 0. The Morgan fingerprint density at radius 3 is 2.00 bits per heavy atom. The molecular weight excluding hydrogens is 299 g/mol. The van der Waals surface area contributed by atoms with Crippen molar-refractivity contribution < 1.29 is 39.2 Å². The van der Waals surface area contributed by atoms with E-state index in [1.54, 1.807) is 0 Å². The first kappa shape index (κ1) is 10.5. The molecule has 0 heterocycles. The Hall–Kier alpha value is 0.469. The van der Waals surface area contributed by atoms with Gasteiger partial charge in [-0.3, -0.25) is 4.79 Å². The van der Waals surface area contributed by atoms with Gasteiger partial charge in [0, 0.05) is 20.1 Å². The van der Waals surface area contributed by atoms with Crippen LogP contribution in [0.15, 0.2) is 0 Å². The van der Waals surface area contributed by atoms with E-state index in [4.69, 9.17) is 14.6 Å². The molecule has 0 rings (SSSR count). The smallest absolute Gasteiger partial charge is 0.393 e. The fourth-order valence-electron chi connectivity index (χ4n) is 0.0385. The zero-order valence-corrected chi connectivity index (χ0v) is 6.36. The van der Waals surface area contributed by atoms with Crippen LogP contribution in [0.3, 0.4) is 0 Å². The van der Waals surface area contributed by atoms with Crippen LogP contribution >= 0.6 is 8.60 Å². The molecule has 1 radical (unpaired) electrons. The number of hydrogen-bond acceptors (Lipinski definition) is 4. The molecule has 0 spiro atoms. The van der Waals surface area contributed by atoms with Gasteiger partial charge in [0.05, 0.1) is 0 Å². The third-order valence-corrected chi connectivity index (χ3v) is 0.412. The molecule has 4 nitrogen and oxygen atoms in total. The van der Waals surface area contributed by atoms with Gasteiger partial charge in [-0.2, -0.15) is 0 Å². The Kier molecular flexibility index (Phi) is 9.66. The van der Waals surface area contributed by atoms with Gasteiger partial charge in [-0.15, -0.1) is 0 Å². The minimum Gasteiger partial charge on any atom is -0.397 e. The van der Waals surface area contributed by atoms with Gasteiger partial charge in [-0.25, -0.2) is 0 Å². The summed E-state index contributed by atoms with van der Waals surface area (Å²) in [5.74, 6) is 0. The molecule has 0 bridgehead atoms.